The van der Waals surface area contributed by atoms with Crippen LogP contribution < -0.4 is 14.8 Å². The summed E-state index contributed by atoms with van der Waals surface area (Å²) in [5.74, 6) is 1.99. The number of halogens is 1. The van der Waals surface area contributed by atoms with Gasteiger partial charge in [0, 0.05) is 10.7 Å². The molecule has 0 saturated heterocycles. The number of aromatic nitrogens is 3. The molecule has 28 heavy (non-hydrogen) atoms. The molecule has 1 N–H and O–H groups in total. The van der Waals surface area contributed by atoms with Gasteiger partial charge in [0.1, 0.15) is 17.3 Å². The van der Waals surface area contributed by atoms with Crippen LogP contribution in [0.4, 0.5) is 5.69 Å². The van der Waals surface area contributed by atoms with E-state index in [9.17, 15) is 4.79 Å². The highest BCUT2D eigenvalue weighted by molar-refractivity contribution is 7.99. The highest BCUT2D eigenvalue weighted by atomic mass is 35.5. The monoisotopic (exact) mass is 418 g/mol. The number of ether oxygens (including phenoxy) is 2. The maximum atomic E-state index is 12.4. The maximum Gasteiger partial charge on any atom is 0.234 e. The Morgan fingerprint density at radius 3 is 2.57 bits per heavy atom. The number of aryl methyl sites for hydroxylation is 1. The van der Waals surface area contributed by atoms with Gasteiger partial charge in [-0.2, -0.15) is 0 Å². The Bertz CT molecular complexity index is 976. The van der Waals surface area contributed by atoms with E-state index in [0.29, 0.717) is 21.6 Å². The summed E-state index contributed by atoms with van der Waals surface area (Å²) in [5.41, 5.74) is 1.41. The zero-order valence-corrected chi connectivity index (χ0v) is 17.2. The first-order valence-corrected chi connectivity index (χ1v) is 9.71. The quantitative estimate of drug-likeness (QED) is 0.585. The standard InChI is InChI=1S/C19H19ClN4O3S/c1-12-22-23-19(24(12)14-5-7-15(26-2)8-6-14)28-11-18(25)21-16-10-13(20)4-9-17(16)27-3/h4-10H,11H2,1-3H3,(H,21,25). The van der Waals surface area contributed by atoms with Crippen molar-refractivity contribution in [2.75, 3.05) is 25.3 Å². The van der Waals surface area contributed by atoms with Gasteiger partial charge < -0.3 is 14.8 Å². The van der Waals surface area contributed by atoms with Gasteiger partial charge in [-0.1, -0.05) is 23.4 Å². The summed E-state index contributed by atoms with van der Waals surface area (Å²) in [4.78, 5) is 12.4. The number of nitrogens with one attached hydrogen (secondary N) is 1. The van der Waals surface area contributed by atoms with Gasteiger partial charge in [0.15, 0.2) is 5.16 Å². The van der Waals surface area contributed by atoms with Gasteiger partial charge in [0.25, 0.3) is 0 Å². The minimum Gasteiger partial charge on any atom is -0.497 e. The van der Waals surface area contributed by atoms with Crippen molar-refractivity contribution in [2.24, 2.45) is 0 Å². The zero-order valence-electron chi connectivity index (χ0n) is 15.6. The molecule has 1 heterocycles. The first kappa shape index (κ1) is 20.0. The molecule has 1 aromatic heterocycles. The van der Waals surface area contributed by atoms with E-state index in [1.54, 1.807) is 25.3 Å². The SMILES string of the molecule is COc1ccc(-n2c(C)nnc2SCC(=O)Nc2cc(Cl)ccc2OC)cc1. The molecule has 0 spiro atoms. The molecule has 0 fully saturated rings. The fraction of sp³-hybridized carbons (Fsp3) is 0.211. The van der Waals surface area contributed by atoms with Crippen molar-refractivity contribution in [3.05, 3.63) is 53.3 Å². The third kappa shape index (κ3) is 4.58. The summed E-state index contributed by atoms with van der Waals surface area (Å²) >= 11 is 7.29. The first-order chi connectivity index (χ1) is 13.5. The molecular formula is C19H19ClN4O3S. The molecule has 9 heteroatoms. The van der Waals surface area contributed by atoms with Gasteiger partial charge in [-0.05, 0) is 49.4 Å². The summed E-state index contributed by atoms with van der Waals surface area (Å²) in [6, 6.07) is 12.6. The minimum absolute atomic E-state index is 0.157. The van der Waals surface area contributed by atoms with Gasteiger partial charge in [-0.15, -0.1) is 10.2 Å². The predicted octanol–water partition coefficient (Wildman–Crippen LogP) is 3.98. The zero-order chi connectivity index (χ0) is 20.1. The summed E-state index contributed by atoms with van der Waals surface area (Å²) < 4.78 is 12.3. The lowest BCUT2D eigenvalue weighted by Gasteiger charge is -2.11. The van der Waals surface area contributed by atoms with Crippen LogP contribution in [0.2, 0.25) is 5.02 Å². The van der Waals surface area contributed by atoms with Crippen LogP contribution in [0.3, 0.4) is 0 Å². The molecular weight excluding hydrogens is 400 g/mol. The third-order valence-electron chi connectivity index (χ3n) is 3.89. The van der Waals surface area contributed by atoms with Crippen molar-refractivity contribution in [3.8, 4) is 17.2 Å². The molecule has 3 aromatic rings. The predicted molar refractivity (Wildman–Crippen MR) is 110 cm³/mol. The lowest BCUT2D eigenvalue weighted by Crippen LogP contribution is -2.15. The fourth-order valence-corrected chi connectivity index (χ4v) is 3.53. The molecule has 1 amide bonds. The van der Waals surface area contributed by atoms with Crippen LogP contribution in [0.25, 0.3) is 5.69 Å². The van der Waals surface area contributed by atoms with Crippen molar-refractivity contribution in [1.82, 2.24) is 14.8 Å². The molecule has 0 aliphatic carbocycles. The molecule has 7 nitrogen and oxygen atoms in total. The second kappa shape index (κ2) is 8.99. The minimum atomic E-state index is -0.201. The number of methoxy groups -OCH3 is 2. The van der Waals surface area contributed by atoms with Crippen LogP contribution in [0, 0.1) is 6.92 Å². The Morgan fingerprint density at radius 2 is 1.89 bits per heavy atom. The van der Waals surface area contributed by atoms with E-state index in [-0.39, 0.29) is 11.7 Å². The Hall–Kier alpha value is -2.71. The van der Waals surface area contributed by atoms with Crippen LogP contribution in [-0.2, 0) is 4.79 Å². The topological polar surface area (TPSA) is 78.3 Å². The second-order valence-corrected chi connectivity index (χ2v) is 7.12. The number of hydrogen-bond donors (Lipinski definition) is 1. The summed E-state index contributed by atoms with van der Waals surface area (Å²) in [6.07, 6.45) is 0. The Labute approximate surface area is 172 Å². The summed E-state index contributed by atoms with van der Waals surface area (Å²) in [5, 5.41) is 12.3. The maximum absolute atomic E-state index is 12.4. The molecule has 0 radical (unpaired) electrons. The number of carbonyl (C=O) groups excluding carboxylic acids is 1. The van der Waals surface area contributed by atoms with Crippen molar-refractivity contribution in [1.29, 1.82) is 0 Å². The Morgan fingerprint density at radius 1 is 1.14 bits per heavy atom. The lowest BCUT2D eigenvalue weighted by molar-refractivity contribution is -0.113. The van der Waals surface area contributed by atoms with Crippen LogP contribution in [0.5, 0.6) is 11.5 Å². The fourth-order valence-electron chi connectivity index (χ4n) is 2.56. The lowest BCUT2D eigenvalue weighted by atomic mass is 10.3. The normalized spacial score (nSPS) is 10.6. The number of anilines is 1. The summed E-state index contributed by atoms with van der Waals surface area (Å²) in [6.45, 7) is 1.86. The van der Waals surface area contributed by atoms with E-state index < -0.39 is 0 Å². The molecule has 0 aliphatic heterocycles. The van der Waals surface area contributed by atoms with Crippen LogP contribution >= 0.6 is 23.4 Å². The van der Waals surface area contributed by atoms with Crippen LogP contribution in [0.15, 0.2) is 47.6 Å². The molecule has 0 bridgehead atoms. The molecule has 2 aromatic carbocycles. The molecule has 0 saturated carbocycles. The van der Waals surface area contributed by atoms with Gasteiger partial charge >= 0.3 is 0 Å². The average molecular weight is 419 g/mol. The number of hydrogen-bond acceptors (Lipinski definition) is 6. The number of amides is 1. The number of benzene rings is 2. The molecule has 0 aliphatic rings. The number of nitrogens with zero attached hydrogens (tertiary/aromatic N) is 3. The van der Waals surface area contributed by atoms with Crippen LogP contribution in [-0.4, -0.2) is 40.6 Å². The largest absolute Gasteiger partial charge is 0.497 e. The van der Waals surface area contributed by atoms with Crippen LogP contribution in [0.1, 0.15) is 5.82 Å². The van der Waals surface area contributed by atoms with Crippen molar-refractivity contribution < 1.29 is 14.3 Å². The van der Waals surface area contributed by atoms with Crippen molar-refractivity contribution in [2.45, 2.75) is 12.1 Å². The smallest absolute Gasteiger partial charge is 0.234 e. The third-order valence-corrected chi connectivity index (χ3v) is 5.06. The Balaban J connectivity index is 1.71. The van der Waals surface area contributed by atoms with E-state index in [0.717, 1.165) is 17.3 Å². The van der Waals surface area contributed by atoms with Crippen molar-refractivity contribution in [3.63, 3.8) is 0 Å². The number of thioether (sulfide) groups is 1. The number of carbonyl (C=O) groups is 1. The summed E-state index contributed by atoms with van der Waals surface area (Å²) in [7, 11) is 3.15. The number of rotatable bonds is 7. The van der Waals surface area contributed by atoms with Gasteiger partial charge in [0.2, 0.25) is 5.91 Å². The van der Waals surface area contributed by atoms with Gasteiger partial charge in [-0.25, -0.2) is 0 Å². The van der Waals surface area contributed by atoms with Crippen molar-refractivity contribution >= 4 is 35.0 Å². The van der Waals surface area contributed by atoms with E-state index in [4.69, 9.17) is 21.1 Å². The Kier molecular flexibility index (Phi) is 6.43. The molecule has 146 valence electrons. The molecule has 0 atom stereocenters. The molecule has 3 rings (SSSR count). The highest BCUT2D eigenvalue weighted by Crippen LogP contribution is 2.28. The first-order valence-electron chi connectivity index (χ1n) is 8.34. The second-order valence-electron chi connectivity index (χ2n) is 5.74. The van der Waals surface area contributed by atoms with E-state index >= 15 is 0 Å². The highest BCUT2D eigenvalue weighted by Gasteiger charge is 2.15. The van der Waals surface area contributed by atoms with Gasteiger partial charge in [-0.3, -0.25) is 9.36 Å². The van der Waals surface area contributed by atoms with E-state index in [1.807, 2.05) is 35.8 Å². The van der Waals surface area contributed by atoms with Gasteiger partial charge in [0.05, 0.1) is 25.7 Å². The van der Waals surface area contributed by atoms with E-state index in [1.165, 1.54) is 18.9 Å². The average Bonchev–Trinajstić information content (AvgIpc) is 3.07. The molecule has 0 unspecified atom stereocenters. The van der Waals surface area contributed by atoms with E-state index in [2.05, 4.69) is 15.5 Å².